The first-order valence-electron chi connectivity index (χ1n) is 11.7. The second-order valence-corrected chi connectivity index (χ2v) is 10.5. The van der Waals surface area contributed by atoms with Crippen LogP contribution in [0.25, 0.3) is 0 Å². The number of amides is 2. The van der Waals surface area contributed by atoms with Gasteiger partial charge in [-0.1, -0.05) is 25.6 Å². The van der Waals surface area contributed by atoms with Crippen molar-refractivity contribution in [3.8, 4) is 0 Å². The minimum absolute atomic E-state index is 0.0611. The fraction of sp³-hybridized carbons (Fsp3) is 0.682. The Kier molecular flexibility index (Phi) is 11.1. The molecule has 0 saturated carbocycles. The number of methoxy groups -OCH3 is 1. The lowest BCUT2D eigenvalue weighted by molar-refractivity contribution is -0.192. The van der Waals surface area contributed by atoms with E-state index in [0.29, 0.717) is 16.5 Å². The fourth-order valence-corrected chi connectivity index (χ4v) is 6.51. The van der Waals surface area contributed by atoms with Gasteiger partial charge >= 0.3 is 11.9 Å². The van der Waals surface area contributed by atoms with Gasteiger partial charge in [0.2, 0.25) is 5.91 Å². The van der Waals surface area contributed by atoms with Crippen LogP contribution >= 0.6 is 23.5 Å². The SMILES string of the molecule is CCCN(CCC)C(=N)SCC1=C(C(=O)O)N2C(=O)[C@](NC(=O)CCCC(N)C(=O)O)(OC)[C@@H]2SC1. The van der Waals surface area contributed by atoms with Gasteiger partial charge in [-0.05, 0) is 31.3 Å². The number of carboxylic acids is 2. The van der Waals surface area contributed by atoms with Crippen LogP contribution in [0.1, 0.15) is 46.0 Å². The Balaban J connectivity index is 2.11. The van der Waals surface area contributed by atoms with Crippen LogP contribution < -0.4 is 11.1 Å². The Morgan fingerprint density at radius 3 is 2.50 bits per heavy atom. The van der Waals surface area contributed by atoms with E-state index in [2.05, 4.69) is 5.32 Å². The number of β-lactam (4-membered cyclic amide) rings is 1. The maximum absolute atomic E-state index is 13.2. The van der Waals surface area contributed by atoms with Crippen LogP contribution in [0, 0.1) is 5.41 Å². The van der Waals surface area contributed by atoms with Crippen molar-refractivity contribution in [2.45, 2.75) is 63.1 Å². The summed E-state index contributed by atoms with van der Waals surface area (Å²) in [4.78, 5) is 51.7. The maximum Gasteiger partial charge on any atom is 0.352 e. The molecule has 0 spiro atoms. The van der Waals surface area contributed by atoms with Crippen LogP contribution in [0.3, 0.4) is 0 Å². The minimum atomic E-state index is -1.71. The standard InChI is InChI=1S/C22H35N5O7S2/c1-4-9-26(10-5-2)21(24)36-12-13-11-35-20-22(34-3,19(33)27(20)16(13)18(31)32)25-15(28)8-6-7-14(23)17(29)30/h14,20,24H,4-12,23H2,1-3H3,(H,25,28)(H,29,30)(H,31,32)/t14?,20-,22-/m0/s1. The highest BCUT2D eigenvalue weighted by Crippen LogP contribution is 2.47. The van der Waals surface area contributed by atoms with E-state index in [9.17, 15) is 24.3 Å². The topological polar surface area (TPSA) is 186 Å². The van der Waals surface area contributed by atoms with Gasteiger partial charge in [0.1, 0.15) is 17.1 Å². The molecule has 0 radical (unpaired) electrons. The maximum atomic E-state index is 13.2. The molecule has 0 aromatic carbocycles. The van der Waals surface area contributed by atoms with Gasteiger partial charge in [-0.25, -0.2) is 4.79 Å². The van der Waals surface area contributed by atoms with E-state index in [1.165, 1.54) is 30.6 Å². The quantitative estimate of drug-likeness (QED) is 0.0909. The number of aliphatic carboxylic acids is 2. The molecule has 1 fully saturated rings. The second-order valence-electron chi connectivity index (χ2n) is 8.50. The molecule has 2 amide bonds. The van der Waals surface area contributed by atoms with Crippen LogP contribution in [-0.2, 0) is 23.9 Å². The molecular weight excluding hydrogens is 510 g/mol. The second kappa shape index (κ2) is 13.3. The molecule has 12 nitrogen and oxygen atoms in total. The monoisotopic (exact) mass is 545 g/mol. The van der Waals surface area contributed by atoms with Crippen molar-refractivity contribution in [1.29, 1.82) is 5.41 Å². The van der Waals surface area contributed by atoms with Gasteiger partial charge < -0.3 is 30.9 Å². The van der Waals surface area contributed by atoms with Gasteiger partial charge in [0.15, 0.2) is 5.17 Å². The number of carbonyl (C=O) groups is 4. The zero-order chi connectivity index (χ0) is 27.0. The fourth-order valence-electron chi connectivity index (χ4n) is 4.03. The van der Waals surface area contributed by atoms with Crippen molar-refractivity contribution in [2.75, 3.05) is 31.7 Å². The lowest BCUT2D eigenvalue weighted by Crippen LogP contribution is -2.80. The molecule has 3 atom stereocenters. The van der Waals surface area contributed by atoms with E-state index < -0.39 is 40.9 Å². The van der Waals surface area contributed by atoms with E-state index in [0.717, 1.165) is 30.8 Å². The van der Waals surface area contributed by atoms with E-state index in [-0.39, 0.29) is 30.7 Å². The first-order valence-corrected chi connectivity index (χ1v) is 13.8. The van der Waals surface area contributed by atoms with Crippen LogP contribution in [0.15, 0.2) is 11.3 Å². The third kappa shape index (κ3) is 6.52. The minimum Gasteiger partial charge on any atom is -0.480 e. The number of carbonyl (C=O) groups excluding carboxylic acids is 2. The Morgan fingerprint density at radius 1 is 1.33 bits per heavy atom. The van der Waals surface area contributed by atoms with Crippen LogP contribution in [0.4, 0.5) is 0 Å². The highest BCUT2D eigenvalue weighted by Gasteiger charge is 2.66. The van der Waals surface area contributed by atoms with E-state index in [1.807, 2.05) is 18.7 Å². The van der Waals surface area contributed by atoms with Crippen molar-refractivity contribution in [3.05, 3.63) is 11.3 Å². The summed E-state index contributed by atoms with van der Waals surface area (Å²) in [6.07, 6.45) is 2.02. The number of fused-ring (bicyclic) bond motifs is 1. The van der Waals surface area contributed by atoms with Gasteiger partial charge in [-0.2, -0.15) is 0 Å². The zero-order valence-electron chi connectivity index (χ0n) is 20.7. The van der Waals surface area contributed by atoms with Crippen molar-refractivity contribution < 1.29 is 34.1 Å². The summed E-state index contributed by atoms with van der Waals surface area (Å²) < 4.78 is 5.41. The third-order valence-corrected chi connectivity index (χ3v) is 8.25. The largest absolute Gasteiger partial charge is 0.480 e. The molecule has 2 aliphatic heterocycles. The van der Waals surface area contributed by atoms with Crippen molar-refractivity contribution in [1.82, 2.24) is 15.1 Å². The third-order valence-electron chi connectivity index (χ3n) is 5.85. The highest BCUT2D eigenvalue weighted by atomic mass is 32.2. The molecule has 2 heterocycles. The summed E-state index contributed by atoms with van der Waals surface area (Å²) in [5.74, 6) is -3.07. The number of ether oxygens (including phenoxy) is 1. The molecule has 2 aliphatic rings. The van der Waals surface area contributed by atoms with Gasteiger partial charge in [0, 0.05) is 38.1 Å². The Labute approximate surface area is 218 Å². The number of hydrogen-bond acceptors (Lipinski definition) is 9. The number of nitrogens with two attached hydrogens (primary N) is 1. The van der Waals surface area contributed by atoms with Gasteiger partial charge in [0.25, 0.3) is 11.6 Å². The molecule has 6 N–H and O–H groups in total. The highest BCUT2D eigenvalue weighted by molar-refractivity contribution is 8.13. The predicted molar refractivity (Wildman–Crippen MR) is 137 cm³/mol. The number of nitrogens with zero attached hydrogens (tertiary/aromatic N) is 2. The molecule has 0 bridgehead atoms. The van der Waals surface area contributed by atoms with E-state index in [1.54, 1.807) is 0 Å². The molecule has 0 aromatic rings. The average molecular weight is 546 g/mol. The smallest absolute Gasteiger partial charge is 0.352 e. The molecule has 202 valence electrons. The number of nitrogens with one attached hydrogen (secondary N) is 2. The first-order chi connectivity index (χ1) is 17.0. The molecular formula is C22H35N5O7S2. The predicted octanol–water partition coefficient (Wildman–Crippen LogP) is 1.07. The Morgan fingerprint density at radius 2 is 1.97 bits per heavy atom. The van der Waals surface area contributed by atoms with E-state index in [4.69, 9.17) is 21.0 Å². The lowest BCUT2D eigenvalue weighted by atomic mass is 9.98. The summed E-state index contributed by atoms with van der Waals surface area (Å²) in [7, 11) is 1.27. The number of rotatable bonds is 14. The normalized spacial score (nSPS) is 21.9. The number of hydrogen-bond donors (Lipinski definition) is 5. The first kappa shape index (κ1) is 29.9. The molecule has 1 saturated heterocycles. The van der Waals surface area contributed by atoms with Gasteiger partial charge in [-0.3, -0.25) is 24.7 Å². The molecule has 36 heavy (non-hydrogen) atoms. The Hall–Kier alpha value is -2.29. The summed E-state index contributed by atoms with van der Waals surface area (Å²) in [5, 5.41) is 29.3. The summed E-state index contributed by atoms with van der Waals surface area (Å²) >= 11 is 2.52. The van der Waals surface area contributed by atoms with Crippen LogP contribution in [-0.4, -0.2) is 97.8 Å². The molecule has 14 heteroatoms. The van der Waals surface area contributed by atoms with Crippen LogP contribution in [0.2, 0.25) is 0 Å². The lowest BCUT2D eigenvalue weighted by Gasteiger charge is -2.55. The Bertz CT molecular complexity index is 909. The van der Waals surface area contributed by atoms with E-state index >= 15 is 0 Å². The number of thioether (sulfide) groups is 2. The summed E-state index contributed by atoms with van der Waals surface area (Å²) in [6, 6.07) is -1.08. The summed E-state index contributed by atoms with van der Waals surface area (Å²) in [5.41, 5.74) is 4.13. The van der Waals surface area contributed by atoms with Crippen molar-refractivity contribution >= 4 is 52.4 Å². The van der Waals surface area contributed by atoms with Gasteiger partial charge in [0.05, 0.1) is 0 Å². The summed E-state index contributed by atoms with van der Waals surface area (Å²) in [6.45, 7) is 5.55. The number of amidine groups is 1. The zero-order valence-corrected chi connectivity index (χ0v) is 22.4. The molecule has 0 aliphatic carbocycles. The molecule has 0 aromatic heterocycles. The number of carboxylic acid groups (broad SMARTS) is 2. The van der Waals surface area contributed by atoms with Crippen LogP contribution in [0.5, 0.6) is 0 Å². The van der Waals surface area contributed by atoms with Gasteiger partial charge in [-0.15, -0.1) is 11.8 Å². The molecule has 1 unspecified atom stereocenters. The van der Waals surface area contributed by atoms with Crippen molar-refractivity contribution in [2.24, 2.45) is 5.73 Å². The average Bonchev–Trinajstić information content (AvgIpc) is 2.84. The molecule has 2 rings (SSSR count). The van der Waals surface area contributed by atoms with Crippen molar-refractivity contribution in [3.63, 3.8) is 0 Å².